The summed E-state index contributed by atoms with van der Waals surface area (Å²) in [7, 11) is 0. The summed E-state index contributed by atoms with van der Waals surface area (Å²) in [6.45, 7) is 9.77. The zero-order valence-electron chi connectivity index (χ0n) is 20.8. The van der Waals surface area contributed by atoms with Crippen LogP contribution in [0, 0.1) is 0 Å². The molecule has 0 radical (unpaired) electrons. The molecule has 0 aliphatic heterocycles. The van der Waals surface area contributed by atoms with Gasteiger partial charge in [-0.25, -0.2) is 4.79 Å². The molecule has 0 unspecified atom stereocenters. The van der Waals surface area contributed by atoms with Gasteiger partial charge in [-0.15, -0.1) is 0 Å². The van der Waals surface area contributed by atoms with Crippen LogP contribution in [-0.4, -0.2) is 40.1 Å². The van der Waals surface area contributed by atoms with Gasteiger partial charge in [0.15, 0.2) is 16.9 Å². The molecule has 0 fully saturated rings. The van der Waals surface area contributed by atoms with Gasteiger partial charge in [0.1, 0.15) is 22.5 Å². The SMILES string of the molecule is CC(=O)Oc1c(O)cc2oc(-c3ccc(OC(=O)N(C(C)C)C(C)C)cc3)cc(=O)c2c1OC(C)=O. The molecule has 0 aliphatic carbocycles. The number of phenols is 1. The molecule has 190 valence electrons. The standard InChI is InChI=1S/C26H27NO9/c1-13(2)27(14(3)4)26(32)35-18-9-7-17(8-10-18)21-11-19(30)23-22(36-21)12-20(31)24(33-15(5)28)25(23)34-16(6)29/h7-14,31H,1-6H3. The van der Waals surface area contributed by atoms with Gasteiger partial charge in [0, 0.05) is 43.6 Å². The molecule has 3 rings (SSSR count). The third-order valence-electron chi connectivity index (χ3n) is 5.07. The van der Waals surface area contributed by atoms with Crippen LogP contribution in [0.5, 0.6) is 23.0 Å². The number of ether oxygens (including phenoxy) is 3. The van der Waals surface area contributed by atoms with Gasteiger partial charge < -0.3 is 28.6 Å². The van der Waals surface area contributed by atoms with E-state index in [2.05, 4.69) is 0 Å². The number of hydrogen-bond acceptors (Lipinski definition) is 9. The molecule has 1 aromatic heterocycles. The number of benzene rings is 2. The summed E-state index contributed by atoms with van der Waals surface area (Å²) < 4.78 is 21.3. The molecule has 0 spiro atoms. The van der Waals surface area contributed by atoms with Crippen molar-refractivity contribution in [3.8, 4) is 34.3 Å². The number of phenolic OH excluding ortho intramolecular Hbond substituents is 1. The highest BCUT2D eigenvalue weighted by atomic mass is 16.6. The first-order valence-electron chi connectivity index (χ1n) is 11.2. The number of fused-ring (bicyclic) bond motifs is 1. The smallest absolute Gasteiger partial charge is 0.415 e. The highest BCUT2D eigenvalue weighted by Gasteiger charge is 2.24. The summed E-state index contributed by atoms with van der Waals surface area (Å²) in [4.78, 5) is 50.2. The first-order chi connectivity index (χ1) is 16.9. The van der Waals surface area contributed by atoms with Crippen molar-refractivity contribution >= 4 is 29.0 Å². The normalized spacial score (nSPS) is 11.0. The fraction of sp³-hybridized carbons (Fsp3) is 0.308. The van der Waals surface area contributed by atoms with E-state index in [0.29, 0.717) is 11.3 Å². The van der Waals surface area contributed by atoms with Crippen molar-refractivity contribution in [1.82, 2.24) is 4.90 Å². The van der Waals surface area contributed by atoms with Gasteiger partial charge in [0.25, 0.3) is 0 Å². The Morgan fingerprint density at radius 2 is 1.42 bits per heavy atom. The second-order valence-electron chi connectivity index (χ2n) is 8.58. The Bertz CT molecular complexity index is 1360. The van der Waals surface area contributed by atoms with Crippen LogP contribution in [0.3, 0.4) is 0 Å². The lowest BCUT2D eigenvalue weighted by Crippen LogP contribution is -2.43. The van der Waals surface area contributed by atoms with Gasteiger partial charge in [-0.2, -0.15) is 0 Å². The molecule has 1 N–H and O–H groups in total. The van der Waals surface area contributed by atoms with Crippen LogP contribution in [0.25, 0.3) is 22.3 Å². The van der Waals surface area contributed by atoms with Crippen LogP contribution >= 0.6 is 0 Å². The van der Waals surface area contributed by atoms with E-state index in [-0.39, 0.29) is 28.8 Å². The van der Waals surface area contributed by atoms with Gasteiger partial charge in [0.2, 0.25) is 5.75 Å². The minimum Gasteiger partial charge on any atom is -0.504 e. The van der Waals surface area contributed by atoms with E-state index >= 15 is 0 Å². The summed E-state index contributed by atoms with van der Waals surface area (Å²) in [5, 5.41) is 10.2. The maximum Gasteiger partial charge on any atom is 0.415 e. The van der Waals surface area contributed by atoms with Crippen LogP contribution in [-0.2, 0) is 9.59 Å². The number of esters is 2. The summed E-state index contributed by atoms with van der Waals surface area (Å²) in [6, 6.07) is 8.49. The quantitative estimate of drug-likeness (QED) is 0.382. The number of amides is 1. The van der Waals surface area contributed by atoms with E-state index in [4.69, 9.17) is 18.6 Å². The van der Waals surface area contributed by atoms with Crippen LogP contribution in [0.1, 0.15) is 41.5 Å². The van der Waals surface area contributed by atoms with Gasteiger partial charge in [0.05, 0.1) is 0 Å². The second kappa shape index (κ2) is 10.5. The van der Waals surface area contributed by atoms with Gasteiger partial charge in [-0.3, -0.25) is 14.4 Å². The number of nitrogens with zero attached hydrogens (tertiary/aromatic N) is 1. The molecule has 10 nitrogen and oxygen atoms in total. The van der Waals surface area contributed by atoms with E-state index < -0.39 is 40.7 Å². The van der Waals surface area contributed by atoms with Crippen molar-refractivity contribution in [3.05, 3.63) is 46.6 Å². The summed E-state index contributed by atoms with van der Waals surface area (Å²) in [5.41, 5.74) is -0.214. The number of aromatic hydroxyl groups is 1. The molecule has 0 saturated heterocycles. The van der Waals surface area contributed by atoms with Gasteiger partial charge in [-0.05, 0) is 52.0 Å². The molecule has 0 bridgehead atoms. The molecule has 0 aliphatic rings. The number of carbonyl (C=O) groups excluding carboxylic acids is 3. The minimum absolute atomic E-state index is 0.0432. The second-order valence-corrected chi connectivity index (χ2v) is 8.58. The Kier molecular flexibility index (Phi) is 7.67. The number of rotatable bonds is 6. The average molecular weight is 498 g/mol. The summed E-state index contributed by atoms with van der Waals surface area (Å²) in [5.74, 6) is -2.58. The first kappa shape index (κ1) is 26.3. The van der Waals surface area contributed by atoms with E-state index in [0.717, 1.165) is 19.9 Å². The lowest BCUT2D eigenvalue weighted by molar-refractivity contribution is -0.134. The zero-order chi connectivity index (χ0) is 26.7. The molecule has 1 heterocycles. The minimum atomic E-state index is -0.794. The summed E-state index contributed by atoms with van der Waals surface area (Å²) >= 11 is 0. The van der Waals surface area contributed by atoms with E-state index in [9.17, 15) is 24.3 Å². The molecular formula is C26H27NO9. The zero-order valence-corrected chi connectivity index (χ0v) is 20.8. The maximum absolute atomic E-state index is 13.0. The largest absolute Gasteiger partial charge is 0.504 e. The Morgan fingerprint density at radius 3 is 1.94 bits per heavy atom. The third kappa shape index (κ3) is 5.65. The predicted molar refractivity (Wildman–Crippen MR) is 130 cm³/mol. The average Bonchev–Trinajstić information content (AvgIpc) is 2.75. The fourth-order valence-corrected chi connectivity index (χ4v) is 3.74. The van der Waals surface area contributed by atoms with E-state index in [1.54, 1.807) is 29.2 Å². The number of carbonyl (C=O) groups is 3. The predicted octanol–water partition coefficient (Wildman–Crippen LogP) is 4.63. The van der Waals surface area contributed by atoms with Crippen LogP contribution in [0.15, 0.2) is 45.6 Å². The van der Waals surface area contributed by atoms with Crippen LogP contribution in [0.4, 0.5) is 4.79 Å². The van der Waals surface area contributed by atoms with Crippen molar-refractivity contribution in [2.45, 2.75) is 53.6 Å². The van der Waals surface area contributed by atoms with Crippen molar-refractivity contribution in [1.29, 1.82) is 0 Å². The molecule has 0 saturated carbocycles. The van der Waals surface area contributed by atoms with Crippen LogP contribution < -0.4 is 19.6 Å². The van der Waals surface area contributed by atoms with Crippen molar-refractivity contribution in [2.75, 3.05) is 0 Å². The maximum atomic E-state index is 13.0. The topological polar surface area (TPSA) is 133 Å². The van der Waals surface area contributed by atoms with Crippen molar-refractivity contribution < 1.29 is 38.1 Å². The Balaban J connectivity index is 2.01. The van der Waals surface area contributed by atoms with Crippen molar-refractivity contribution in [3.63, 3.8) is 0 Å². The Labute approximate surface area is 207 Å². The molecule has 0 atom stereocenters. The van der Waals surface area contributed by atoms with E-state index in [1.165, 1.54) is 6.07 Å². The molecule has 3 aromatic rings. The Morgan fingerprint density at radius 1 is 0.861 bits per heavy atom. The van der Waals surface area contributed by atoms with Gasteiger partial charge in [-0.1, -0.05) is 0 Å². The fourth-order valence-electron chi connectivity index (χ4n) is 3.74. The summed E-state index contributed by atoms with van der Waals surface area (Å²) in [6.07, 6.45) is -0.484. The monoisotopic (exact) mass is 497 g/mol. The van der Waals surface area contributed by atoms with E-state index in [1.807, 2.05) is 27.7 Å². The number of hydrogen-bond donors (Lipinski definition) is 1. The van der Waals surface area contributed by atoms with Crippen molar-refractivity contribution in [2.24, 2.45) is 0 Å². The Hall–Kier alpha value is -4.34. The highest BCUT2D eigenvalue weighted by molar-refractivity contribution is 5.93. The highest BCUT2D eigenvalue weighted by Crippen LogP contribution is 2.43. The first-order valence-corrected chi connectivity index (χ1v) is 11.2. The molecule has 36 heavy (non-hydrogen) atoms. The molecule has 1 amide bonds. The van der Waals surface area contributed by atoms with Gasteiger partial charge >= 0.3 is 18.0 Å². The lowest BCUT2D eigenvalue weighted by atomic mass is 10.1. The molecular weight excluding hydrogens is 470 g/mol. The lowest BCUT2D eigenvalue weighted by Gasteiger charge is -2.29. The van der Waals surface area contributed by atoms with Crippen LogP contribution in [0.2, 0.25) is 0 Å². The molecule has 10 heteroatoms. The third-order valence-corrected chi connectivity index (χ3v) is 5.07. The molecule has 2 aromatic carbocycles.